The molecule has 0 radical (unpaired) electrons. The highest BCUT2D eigenvalue weighted by molar-refractivity contribution is 5.85. The fourth-order valence-corrected chi connectivity index (χ4v) is 2.06. The summed E-state index contributed by atoms with van der Waals surface area (Å²) < 4.78 is 10.8. The number of nitrogens with zero attached hydrogens (tertiary/aromatic N) is 1. The Morgan fingerprint density at radius 1 is 1.25 bits per heavy atom. The van der Waals surface area contributed by atoms with Crippen LogP contribution in [-0.2, 0) is 4.79 Å². The van der Waals surface area contributed by atoms with Crippen molar-refractivity contribution in [3.05, 3.63) is 24.3 Å². The first kappa shape index (κ1) is 16.6. The van der Waals surface area contributed by atoms with Crippen molar-refractivity contribution in [2.75, 3.05) is 39.9 Å². The highest BCUT2D eigenvalue weighted by atomic mass is 35.5. The summed E-state index contributed by atoms with van der Waals surface area (Å²) in [5, 5.41) is 3.22. The molecule has 1 fully saturated rings. The van der Waals surface area contributed by atoms with E-state index in [0.29, 0.717) is 24.5 Å². The molecule has 1 aliphatic heterocycles. The number of ether oxygens (including phenoxy) is 2. The SMILES string of the molecule is COc1ccccc1OCCC(=O)N1CCNCC1.Cl. The minimum atomic E-state index is 0. The summed E-state index contributed by atoms with van der Waals surface area (Å²) >= 11 is 0. The van der Waals surface area contributed by atoms with Gasteiger partial charge in [0, 0.05) is 26.2 Å². The van der Waals surface area contributed by atoms with Crippen molar-refractivity contribution in [3.63, 3.8) is 0 Å². The molecule has 1 aromatic carbocycles. The van der Waals surface area contributed by atoms with E-state index in [4.69, 9.17) is 9.47 Å². The van der Waals surface area contributed by atoms with E-state index < -0.39 is 0 Å². The van der Waals surface area contributed by atoms with Gasteiger partial charge in [-0.15, -0.1) is 12.4 Å². The third-order valence-corrected chi connectivity index (χ3v) is 3.11. The molecule has 5 nitrogen and oxygen atoms in total. The van der Waals surface area contributed by atoms with Gasteiger partial charge in [-0.25, -0.2) is 0 Å². The van der Waals surface area contributed by atoms with Gasteiger partial charge in [-0.2, -0.15) is 0 Å². The van der Waals surface area contributed by atoms with Crippen LogP contribution in [0.1, 0.15) is 6.42 Å². The zero-order valence-electron chi connectivity index (χ0n) is 11.6. The molecule has 0 bridgehead atoms. The smallest absolute Gasteiger partial charge is 0.226 e. The van der Waals surface area contributed by atoms with Crippen LogP contribution in [0.15, 0.2) is 24.3 Å². The highest BCUT2D eigenvalue weighted by Gasteiger charge is 2.15. The Balaban J connectivity index is 0.00000200. The van der Waals surface area contributed by atoms with Crippen LogP contribution in [-0.4, -0.2) is 50.7 Å². The minimum absolute atomic E-state index is 0. The molecule has 1 aromatic rings. The zero-order valence-corrected chi connectivity index (χ0v) is 12.4. The van der Waals surface area contributed by atoms with Gasteiger partial charge in [-0.1, -0.05) is 12.1 Å². The molecule has 1 N–H and O–H groups in total. The van der Waals surface area contributed by atoms with Gasteiger partial charge in [0.15, 0.2) is 11.5 Å². The maximum Gasteiger partial charge on any atom is 0.226 e. The van der Waals surface area contributed by atoms with Gasteiger partial charge in [-0.3, -0.25) is 4.79 Å². The van der Waals surface area contributed by atoms with Crippen LogP contribution in [0.25, 0.3) is 0 Å². The first-order valence-corrected chi connectivity index (χ1v) is 6.55. The molecule has 0 atom stereocenters. The van der Waals surface area contributed by atoms with E-state index in [-0.39, 0.29) is 18.3 Å². The number of methoxy groups -OCH3 is 1. The van der Waals surface area contributed by atoms with Crippen LogP contribution >= 0.6 is 12.4 Å². The van der Waals surface area contributed by atoms with Crippen molar-refractivity contribution in [2.45, 2.75) is 6.42 Å². The summed E-state index contributed by atoms with van der Waals surface area (Å²) in [6.07, 6.45) is 0.401. The van der Waals surface area contributed by atoms with Gasteiger partial charge >= 0.3 is 0 Å². The summed E-state index contributed by atoms with van der Waals surface area (Å²) in [5.74, 6) is 1.52. The van der Waals surface area contributed by atoms with E-state index in [1.54, 1.807) is 7.11 Å². The third kappa shape index (κ3) is 4.58. The van der Waals surface area contributed by atoms with Gasteiger partial charge in [0.05, 0.1) is 20.1 Å². The molecule has 0 saturated carbocycles. The Morgan fingerprint density at radius 3 is 2.55 bits per heavy atom. The Morgan fingerprint density at radius 2 is 1.90 bits per heavy atom. The number of carbonyl (C=O) groups excluding carboxylic acids is 1. The highest BCUT2D eigenvalue weighted by Crippen LogP contribution is 2.25. The van der Waals surface area contributed by atoms with Crippen LogP contribution in [0.3, 0.4) is 0 Å². The summed E-state index contributed by atoms with van der Waals surface area (Å²) in [6.45, 7) is 3.70. The lowest BCUT2D eigenvalue weighted by molar-refractivity contribution is -0.132. The van der Waals surface area contributed by atoms with E-state index in [2.05, 4.69) is 5.32 Å². The largest absolute Gasteiger partial charge is 0.493 e. The third-order valence-electron chi connectivity index (χ3n) is 3.11. The molecule has 1 amide bonds. The van der Waals surface area contributed by atoms with E-state index in [0.717, 1.165) is 26.2 Å². The fourth-order valence-electron chi connectivity index (χ4n) is 2.06. The van der Waals surface area contributed by atoms with Gasteiger partial charge in [0.1, 0.15) is 0 Å². The number of para-hydroxylation sites is 2. The fraction of sp³-hybridized carbons (Fsp3) is 0.500. The number of hydrogen-bond donors (Lipinski definition) is 1. The summed E-state index contributed by atoms with van der Waals surface area (Å²) in [4.78, 5) is 13.8. The maximum atomic E-state index is 11.9. The molecule has 6 heteroatoms. The molecule has 0 aromatic heterocycles. The number of hydrogen-bond acceptors (Lipinski definition) is 4. The molecule has 112 valence electrons. The molecule has 0 unspecified atom stereocenters. The van der Waals surface area contributed by atoms with E-state index in [1.807, 2.05) is 29.2 Å². The Hall–Kier alpha value is -1.46. The summed E-state index contributed by atoms with van der Waals surface area (Å²) in [5.41, 5.74) is 0. The zero-order chi connectivity index (χ0) is 13.5. The molecule has 20 heavy (non-hydrogen) atoms. The van der Waals surface area contributed by atoms with E-state index >= 15 is 0 Å². The maximum absolute atomic E-state index is 11.9. The normalized spacial score (nSPS) is 14.3. The number of carbonyl (C=O) groups is 1. The molecule has 2 rings (SSSR count). The first-order chi connectivity index (χ1) is 9.31. The van der Waals surface area contributed by atoms with Gasteiger partial charge in [0.25, 0.3) is 0 Å². The number of halogens is 1. The van der Waals surface area contributed by atoms with E-state index in [1.165, 1.54) is 0 Å². The Kier molecular flexibility index (Phi) is 7.18. The monoisotopic (exact) mass is 300 g/mol. The number of nitrogens with one attached hydrogen (secondary N) is 1. The van der Waals surface area contributed by atoms with Gasteiger partial charge < -0.3 is 19.7 Å². The Bertz CT molecular complexity index is 423. The average Bonchev–Trinajstić information content (AvgIpc) is 2.48. The number of rotatable bonds is 5. The molecule has 1 aliphatic rings. The molecule has 1 heterocycles. The lowest BCUT2D eigenvalue weighted by atomic mass is 10.3. The van der Waals surface area contributed by atoms with Crippen molar-refractivity contribution < 1.29 is 14.3 Å². The number of amides is 1. The number of benzene rings is 1. The van der Waals surface area contributed by atoms with Gasteiger partial charge in [-0.05, 0) is 12.1 Å². The quantitative estimate of drug-likeness (QED) is 0.891. The van der Waals surface area contributed by atoms with Crippen molar-refractivity contribution in [1.29, 1.82) is 0 Å². The molecule has 0 aliphatic carbocycles. The lowest BCUT2D eigenvalue weighted by Gasteiger charge is -2.27. The molecular formula is C14H21ClN2O3. The molecular weight excluding hydrogens is 280 g/mol. The standard InChI is InChI=1S/C14H20N2O3.ClH/c1-18-12-4-2-3-5-13(12)19-11-6-14(17)16-9-7-15-8-10-16;/h2-5,15H,6-11H2,1H3;1H. The second-order valence-electron chi connectivity index (χ2n) is 4.38. The summed E-state index contributed by atoms with van der Waals surface area (Å²) in [6, 6.07) is 7.45. The van der Waals surface area contributed by atoms with Crippen LogP contribution in [0, 0.1) is 0 Å². The second-order valence-corrected chi connectivity index (χ2v) is 4.38. The Labute approximate surface area is 125 Å². The van der Waals surface area contributed by atoms with Gasteiger partial charge in [0.2, 0.25) is 5.91 Å². The van der Waals surface area contributed by atoms with Crippen LogP contribution in [0.4, 0.5) is 0 Å². The van der Waals surface area contributed by atoms with Crippen LogP contribution < -0.4 is 14.8 Å². The predicted octanol–water partition coefficient (Wildman–Crippen LogP) is 1.32. The topological polar surface area (TPSA) is 50.8 Å². The van der Waals surface area contributed by atoms with Crippen molar-refractivity contribution in [3.8, 4) is 11.5 Å². The van der Waals surface area contributed by atoms with Crippen molar-refractivity contribution in [2.24, 2.45) is 0 Å². The molecule has 0 spiro atoms. The van der Waals surface area contributed by atoms with Crippen molar-refractivity contribution >= 4 is 18.3 Å². The van der Waals surface area contributed by atoms with Crippen molar-refractivity contribution in [1.82, 2.24) is 10.2 Å². The predicted molar refractivity (Wildman–Crippen MR) is 79.8 cm³/mol. The summed E-state index contributed by atoms with van der Waals surface area (Å²) in [7, 11) is 1.61. The second kappa shape index (κ2) is 8.66. The number of piperazine rings is 1. The molecule has 1 saturated heterocycles. The van der Waals surface area contributed by atoms with Crippen LogP contribution in [0.5, 0.6) is 11.5 Å². The first-order valence-electron chi connectivity index (χ1n) is 6.55. The lowest BCUT2D eigenvalue weighted by Crippen LogP contribution is -2.46. The van der Waals surface area contributed by atoms with E-state index in [9.17, 15) is 4.79 Å². The minimum Gasteiger partial charge on any atom is -0.493 e. The average molecular weight is 301 g/mol. The van der Waals surface area contributed by atoms with Crippen LogP contribution in [0.2, 0.25) is 0 Å².